The first-order valence-electron chi connectivity index (χ1n) is 3.96. The van der Waals surface area contributed by atoms with Crippen LogP contribution in [0.15, 0.2) is 0 Å². The minimum Gasteiger partial charge on any atom is -0.480 e. The zero-order chi connectivity index (χ0) is 12.9. The third-order valence-electron chi connectivity index (χ3n) is 1.37. The highest BCUT2D eigenvalue weighted by Gasteiger charge is 2.40. The molecule has 1 amide bonds. The molecule has 2 N–H and O–H groups in total. The van der Waals surface area contributed by atoms with Gasteiger partial charge < -0.3 is 10.4 Å². The van der Waals surface area contributed by atoms with Gasteiger partial charge in [-0.25, -0.2) is 9.18 Å². The second kappa shape index (κ2) is 6.19. The zero-order valence-corrected chi connectivity index (χ0v) is 9.62. The molecule has 2 atom stereocenters. The Labute approximate surface area is 98.5 Å². The third kappa shape index (κ3) is 5.45. The van der Waals surface area contributed by atoms with Gasteiger partial charge in [0.25, 0.3) is 0 Å². The van der Waals surface area contributed by atoms with E-state index in [4.69, 9.17) is 5.11 Å². The minimum absolute atomic E-state index is 0.271. The largest absolute Gasteiger partial charge is 0.480 e. The number of hydrogen-bond acceptors (Lipinski definition) is 3. The number of carbonyl (C=O) groups is 2. The Morgan fingerprint density at radius 3 is 2.38 bits per heavy atom. The molecule has 0 aliphatic heterocycles. The second-order valence-electron chi connectivity index (χ2n) is 2.76. The molecule has 0 spiro atoms. The van der Waals surface area contributed by atoms with Crippen LogP contribution in [0.25, 0.3) is 0 Å². The molecule has 0 saturated carbocycles. The summed E-state index contributed by atoms with van der Waals surface area (Å²) < 4.78 is 37.5. The number of aliphatic carboxylic acids is 1. The molecule has 16 heavy (non-hydrogen) atoms. The SMILES string of the molecule is CC(=O)N[C@@H](CSC(F)(F)C(F)Cl)C(=O)O. The van der Waals surface area contributed by atoms with Gasteiger partial charge in [-0.2, -0.15) is 8.78 Å². The van der Waals surface area contributed by atoms with Crippen molar-refractivity contribution in [1.29, 1.82) is 0 Å². The monoisotopic (exact) mass is 279 g/mol. The van der Waals surface area contributed by atoms with E-state index in [1.54, 1.807) is 0 Å². The van der Waals surface area contributed by atoms with E-state index < -0.39 is 34.6 Å². The van der Waals surface area contributed by atoms with E-state index in [2.05, 4.69) is 11.6 Å². The molecule has 0 radical (unpaired) electrons. The van der Waals surface area contributed by atoms with Gasteiger partial charge in [0.2, 0.25) is 11.5 Å². The predicted molar refractivity (Wildman–Crippen MR) is 53.4 cm³/mol. The molecule has 0 aromatic heterocycles. The topological polar surface area (TPSA) is 66.4 Å². The maximum Gasteiger partial charge on any atom is 0.338 e. The summed E-state index contributed by atoms with van der Waals surface area (Å²) in [5.41, 5.74) is -2.91. The fraction of sp³-hybridized carbons (Fsp3) is 0.714. The Hall–Kier alpha value is -0.630. The van der Waals surface area contributed by atoms with Crippen LogP contribution in [0.4, 0.5) is 13.2 Å². The number of hydrogen-bond donors (Lipinski definition) is 2. The summed E-state index contributed by atoms with van der Waals surface area (Å²) in [6.45, 7) is 1.04. The highest BCUT2D eigenvalue weighted by molar-refractivity contribution is 8.00. The highest BCUT2D eigenvalue weighted by Crippen LogP contribution is 2.36. The van der Waals surface area contributed by atoms with Crippen LogP contribution in [-0.2, 0) is 9.59 Å². The fourth-order valence-electron chi connectivity index (χ4n) is 0.677. The Kier molecular flexibility index (Phi) is 5.95. The van der Waals surface area contributed by atoms with Crippen molar-refractivity contribution in [2.24, 2.45) is 0 Å². The van der Waals surface area contributed by atoms with Gasteiger partial charge in [0.15, 0.2) is 0 Å². The van der Waals surface area contributed by atoms with Crippen LogP contribution >= 0.6 is 23.4 Å². The summed E-state index contributed by atoms with van der Waals surface area (Å²) in [6, 6.07) is -1.51. The lowest BCUT2D eigenvalue weighted by Gasteiger charge is -2.18. The number of carbonyl (C=O) groups excluding carboxylic acids is 1. The van der Waals surface area contributed by atoms with Gasteiger partial charge in [-0.1, -0.05) is 23.4 Å². The first kappa shape index (κ1) is 15.4. The lowest BCUT2D eigenvalue weighted by molar-refractivity contribution is -0.140. The molecule has 94 valence electrons. The van der Waals surface area contributed by atoms with Gasteiger partial charge in [-0.15, -0.1) is 0 Å². The smallest absolute Gasteiger partial charge is 0.338 e. The predicted octanol–water partition coefficient (Wildman–Crippen LogP) is 1.44. The second-order valence-corrected chi connectivity index (χ2v) is 4.31. The Morgan fingerprint density at radius 1 is 1.56 bits per heavy atom. The van der Waals surface area contributed by atoms with Crippen LogP contribution < -0.4 is 5.32 Å². The summed E-state index contributed by atoms with van der Waals surface area (Å²) in [7, 11) is 0. The van der Waals surface area contributed by atoms with Gasteiger partial charge in [-0.3, -0.25) is 4.79 Å². The van der Waals surface area contributed by atoms with Crippen molar-refractivity contribution in [1.82, 2.24) is 5.32 Å². The summed E-state index contributed by atoms with van der Waals surface area (Å²) >= 11 is 4.30. The van der Waals surface area contributed by atoms with Gasteiger partial charge in [0, 0.05) is 12.7 Å². The summed E-state index contributed by atoms with van der Waals surface area (Å²) in [5.74, 6) is -2.85. The van der Waals surface area contributed by atoms with Crippen LogP contribution in [0.1, 0.15) is 6.92 Å². The van der Waals surface area contributed by atoms with E-state index in [0.29, 0.717) is 0 Å². The third-order valence-corrected chi connectivity index (χ3v) is 2.87. The Morgan fingerprint density at radius 2 is 2.06 bits per heavy atom. The highest BCUT2D eigenvalue weighted by atomic mass is 35.5. The number of carboxylic acids is 1. The maximum absolute atomic E-state index is 12.7. The standard InChI is InChI=1S/C7H9ClF3NO3S/c1-3(13)12-4(5(14)15)2-16-7(10,11)6(8)9/h4,6H,2H2,1H3,(H,12,13)(H,14,15)/t4-,6?/m0/s1. The number of nitrogens with one attached hydrogen (secondary N) is 1. The van der Waals surface area contributed by atoms with Crippen LogP contribution in [0.5, 0.6) is 0 Å². The lowest BCUT2D eigenvalue weighted by Crippen LogP contribution is -2.42. The van der Waals surface area contributed by atoms with E-state index in [0.717, 1.165) is 6.92 Å². The van der Waals surface area contributed by atoms with E-state index in [9.17, 15) is 22.8 Å². The van der Waals surface area contributed by atoms with Crippen LogP contribution in [0.3, 0.4) is 0 Å². The van der Waals surface area contributed by atoms with E-state index in [1.165, 1.54) is 0 Å². The molecule has 0 fully saturated rings. The number of carboxylic acid groups (broad SMARTS) is 1. The summed E-state index contributed by atoms with van der Waals surface area (Å²) in [4.78, 5) is 21.1. The van der Waals surface area contributed by atoms with Crippen molar-refractivity contribution >= 4 is 35.2 Å². The molecule has 0 saturated heterocycles. The van der Waals surface area contributed by atoms with E-state index in [-0.39, 0.29) is 11.8 Å². The Balaban J connectivity index is 4.33. The first-order valence-corrected chi connectivity index (χ1v) is 5.39. The average Bonchev–Trinajstić information content (AvgIpc) is 2.10. The van der Waals surface area contributed by atoms with E-state index >= 15 is 0 Å². The van der Waals surface area contributed by atoms with Gasteiger partial charge in [0.05, 0.1) is 0 Å². The normalized spacial score (nSPS) is 15.3. The molecule has 4 nitrogen and oxygen atoms in total. The number of thioether (sulfide) groups is 1. The molecular formula is C7H9ClF3NO3S. The zero-order valence-electron chi connectivity index (χ0n) is 8.05. The first-order chi connectivity index (χ1) is 7.16. The molecule has 0 aromatic carbocycles. The van der Waals surface area contributed by atoms with Crippen LogP contribution in [0.2, 0.25) is 0 Å². The Bertz CT molecular complexity index is 278. The average molecular weight is 280 g/mol. The summed E-state index contributed by atoms with van der Waals surface area (Å²) in [5, 5.41) is 6.60. The minimum atomic E-state index is -3.90. The van der Waals surface area contributed by atoms with Crippen molar-refractivity contribution in [3.63, 3.8) is 0 Å². The maximum atomic E-state index is 12.7. The number of rotatable bonds is 6. The van der Waals surface area contributed by atoms with Gasteiger partial charge >= 0.3 is 11.2 Å². The molecular weight excluding hydrogens is 271 g/mol. The molecule has 0 rings (SSSR count). The molecule has 0 aliphatic rings. The van der Waals surface area contributed by atoms with Gasteiger partial charge in [0.1, 0.15) is 6.04 Å². The molecule has 9 heteroatoms. The number of amides is 1. The molecule has 0 aromatic rings. The van der Waals surface area contributed by atoms with Crippen LogP contribution in [0, 0.1) is 0 Å². The van der Waals surface area contributed by atoms with Gasteiger partial charge in [-0.05, 0) is 0 Å². The lowest BCUT2D eigenvalue weighted by atomic mass is 10.3. The number of alkyl halides is 4. The molecule has 0 aliphatic carbocycles. The summed E-state index contributed by atoms with van der Waals surface area (Å²) in [6.07, 6.45) is 0. The quantitative estimate of drug-likeness (QED) is 0.722. The molecule has 1 unspecified atom stereocenters. The van der Waals surface area contributed by atoms with Crippen LogP contribution in [-0.4, -0.2) is 39.7 Å². The van der Waals surface area contributed by atoms with Crippen molar-refractivity contribution in [2.75, 3.05) is 5.75 Å². The van der Waals surface area contributed by atoms with Crippen molar-refractivity contribution in [2.45, 2.75) is 23.9 Å². The molecule has 0 bridgehead atoms. The van der Waals surface area contributed by atoms with Crippen molar-refractivity contribution in [3.8, 4) is 0 Å². The van der Waals surface area contributed by atoms with E-state index in [1.807, 2.05) is 5.32 Å². The van der Waals surface area contributed by atoms with Crippen molar-refractivity contribution < 1.29 is 27.9 Å². The fourth-order valence-corrected chi connectivity index (χ4v) is 1.61. The number of halogens is 4. The molecule has 0 heterocycles. The van der Waals surface area contributed by atoms with Crippen molar-refractivity contribution in [3.05, 3.63) is 0 Å².